The standard InChI is InChI=1S/C14H22N2O2S/c1-14(2,19-4)10-15-9-13(17)16-11-6-5-7-12(8-11)18-3/h5-8,15H,9-10H2,1-4H3,(H,16,17). The normalized spacial score (nSPS) is 11.2. The van der Waals surface area contributed by atoms with Crippen molar-refractivity contribution in [1.82, 2.24) is 5.32 Å². The Kier molecular flexibility index (Phi) is 6.18. The van der Waals surface area contributed by atoms with Crippen LogP contribution in [0.3, 0.4) is 0 Å². The van der Waals surface area contributed by atoms with Crippen molar-refractivity contribution in [3.8, 4) is 5.75 Å². The topological polar surface area (TPSA) is 50.4 Å². The highest BCUT2D eigenvalue weighted by Crippen LogP contribution is 2.19. The SMILES string of the molecule is COc1cccc(NC(=O)CNCC(C)(C)SC)c1. The first-order chi connectivity index (χ1) is 8.96. The van der Waals surface area contributed by atoms with E-state index in [0.717, 1.165) is 18.0 Å². The molecule has 4 nitrogen and oxygen atoms in total. The second kappa shape index (κ2) is 7.40. The fourth-order valence-corrected chi connectivity index (χ4v) is 1.70. The Morgan fingerprint density at radius 1 is 1.42 bits per heavy atom. The van der Waals surface area contributed by atoms with Crippen LogP contribution in [0.2, 0.25) is 0 Å². The molecule has 0 radical (unpaired) electrons. The number of nitrogens with one attached hydrogen (secondary N) is 2. The predicted molar refractivity (Wildman–Crippen MR) is 82.1 cm³/mol. The van der Waals surface area contributed by atoms with E-state index in [2.05, 4.69) is 30.7 Å². The van der Waals surface area contributed by atoms with E-state index in [1.165, 1.54) is 0 Å². The summed E-state index contributed by atoms with van der Waals surface area (Å²) in [6, 6.07) is 7.32. The highest BCUT2D eigenvalue weighted by Gasteiger charge is 2.15. The molecule has 0 fully saturated rings. The van der Waals surface area contributed by atoms with Gasteiger partial charge in [0.1, 0.15) is 5.75 Å². The van der Waals surface area contributed by atoms with Crippen molar-refractivity contribution in [3.63, 3.8) is 0 Å². The Morgan fingerprint density at radius 2 is 2.16 bits per heavy atom. The molecule has 0 aliphatic heterocycles. The second-order valence-electron chi connectivity index (χ2n) is 4.85. The van der Waals surface area contributed by atoms with E-state index in [0.29, 0.717) is 6.54 Å². The number of anilines is 1. The van der Waals surface area contributed by atoms with Crippen LogP contribution in [0.5, 0.6) is 5.75 Å². The molecule has 0 heterocycles. The maximum Gasteiger partial charge on any atom is 0.238 e. The van der Waals surface area contributed by atoms with E-state index in [1.54, 1.807) is 24.9 Å². The minimum Gasteiger partial charge on any atom is -0.497 e. The lowest BCUT2D eigenvalue weighted by Crippen LogP contribution is -2.37. The molecule has 106 valence electrons. The molecular formula is C14H22N2O2S. The van der Waals surface area contributed by atoms with Gasteiger partial charge in [-0.15, -0.1) is 0 Å². The van der Waals surface area contributed by atoms with Gasteiger partial charge >= 0.3 is 0 Å². The molecule has 0 atom stereocenters. The van der Waals surface area contributed by atoms with Crippen molar-refractivity contribution >= 4 is 23.4 Å². The number of methoxy groups -OCH3 is 1. The molecular weight excluding hydrogens is 260 g/mol. The van der Waals surface area contributed by atoms with E-state index >= 15 is 0 Å². The van der Waals surface area contributed by atoms with Crippen LogP contribution in [0, 0.1) is 0 Å². The summed E-state index contributed by atoms with van der Waals surface area (Å²) in [6.07, 6.45) is 2.07. The molecule has 0 saturated heterocycles. The molecule has 0 aliphatic carbocycles. The number of ether oxygens (including phenoxy) is 1. The number of rotatable bonds is 7. The number of carbonyl (C=O) groups excluding carboxylic acids is 1. The Balaban J connectivity index is 2.39. The smallest absolute Gasteiger partial charge is 0.238 e. The molecule has 0 aliphatic rings. The number of thioether (sulfide) groups is 1. The maximum atomic E-state index is 11.8. The van der Waals surface area contributed by atoms with Crippen LogP contribution < -0.4 is 15.4 Å². The molecule has 5 heteroatoms. The van der Waals surface area contributed by atoms with Gasteiger partial charge in [0.25, 0.3) is 0 Å². The van der Waals surface area contributed by atoms with Crippen LogP contribution in [0.1, 0.15) is 13.8 Å². The van der Waals surface area contributed by atoms with Gasteiger partial charge in [-0.1, -0.05) is 6.07 Å². The molecule has 0 spiro atoms. The van der Waals surface area contributed by atoms with E-state index in [4.69, 9.17) is 4.74 Å². The van der Waals surface area contributed by atoms with Gasteiger partial charge in [-0.2, -0.15) is 11.8 Å². The van der Waals surface area contributed by atoms with E-state index in [1.807, 2.05) is 18.2 Å². The van der Waals surface area contributed by atoms with Crippen molar-refractivity contribution in [3.05, 3.63) is 24.3 Å². The molecule has 1 aromatic carbocycles. The van der Waals surface area contributed by atoms with Gasteiger partial charge in [-0.3, -0.25) is 4.79 Å². The van der Waals surface area contributed by atoms with Crippen molar-refractivity contribution in [2.24, 2.45) is 0 Å². The number of benzene rings is 1. The molecule has 2 N–H and O–H groups in total. The Labute approximate surface area is 119 Å². The summed E-state index contributed by atoms with van der Waals surface area (Å²) >= 11 is 1.78. The summed E-state index contributed by atoms with van der Waals surface area (Å²) in [6.45, 7) is 5.39. The minimum atomic E-state index is -0.0508. The van der Waals surface area contributed by atoms with Crippen LogP contribution in [0.25, 0.3) is 0 Å². The van der Waals surface area contributed by atoms with Crippen LogP contribution in [-0.2, 0) is 4.79 Å². The van der Waals surface area contributed by atoms with Crippen LogP contribution in [0.15, 0.2) is 24.3 Å². The Morgan fingerprint density at radius 3 is 2.79 bits per heavy atom. The lowest BCUT2D eigenvalue weighted by atomic mass is 10.2. The third kappa shape index (κ3) is 5.98. The average molecular weight is 282 g/mol. The monoisotopic (exact) mass is 282 g/mol. The molecule has 0 aromatic heterocycles. The van der Waals surface area contributed by atoms with Gasteiger partial charge in [0, 0.05) is 23.0 Å². The predicted octanol–water partition coefficient (Wildman–Crippen LogP) is 2.36. The minimum absolute atomic E-state index is 0.0508. The summed E-state index contributed by atoms with van der Waals surface area (Å²) in [5.74, 6) is 0.680. The molecule has 0 saturated carbocycles. The largest absolute Gasteiger partial charge is 0.497 e. The van der Waals surface area contributed by atoms with Gasteiger partial charge < -0.3 is 15.4 Å². The van der Waals surface area contributed by atoms with Gasteiger partial charge in [-0.05, 0) is 32.2 Å². The van der Waals surface area contributed by atoms with E-state index in [-0.39, 0.29) is 10.7 Å². The van der Waals surface area contributed by atoms with Gasteiger partial charge in [0.15, 0.2) is 0 Å². The summed E-state index contributed by atoms with van der Waals surface area (Å²) in [5, 5.41) is 5.99. The summed E-state index contributed by atoms with van der Waals surface area (Å²) in [5.41, 5.74) is 0.746. The van der Waals surface area contributed by atoms with Crippen molar-refractivity contribution in [2.45, 2.75) is 18.6 Å². The van der Waals surface area contributed by atoms with Gasteiger partial charge in [0.2, 0.25) is 5.91 Å². The van der Waals surface area contributed by atoms with Crippen molar-refractivity contribution in [1.29, 1.82) is 0 Å². The second-order valence-corrected chi connectivity index (χ2v) is 6.36. The first-order valence-corrected chi connectivity index (χ1v) is 7.39. The van der Waals surface area contributed by atoms with Crippen molar-refractivity contribution in [2.75, 3.05) is 31.8 Å². The fraction of sp³-hybridized carbons (Fsp3) is 0.500. The van der Waals surface area contributed by atoms with Gasteiger partial charge in [0.05, 0.1) is 13.7 Å². The fourth-order valence-electron chi connectivity index (χ4n) is 1.46. The summed E-state index contributed by atoms with van der Waals surface area (Å²) < 4.78 is 5.24. The van der Waals surface area contributed by atoms with E-state index in [9.17, 15) is 4.79 Å². The molecule has 19 heavy (non-hydrogen) atoms. The Bertz CT molecular complexity index is 422. The molecule has 0 unspecified atom stereocenters. The van der Waals surface area contributed by atoms with Crippen molar-refractivity contribution < 1.29 is 9.53 Å². The van der Waals surface area contributed by atoms with Crippen LogP contribution in [0.4, 0.5) is 5.69 Å². The maximum absolute atomic E-state index is 11.8. The quantitative estimate of drug-likeness (QED) is 0.806. The lowest BCUT2D eigenvalue weighted by molar-refractivity contribution is -0.115. The summed E-state index contributed by atoms with van der Waals surface area (Å²) in [4.78, 5) is 11.8. The molecule has 0 bridgehead atoms. The zero-order chi connectivity index (χ0) is 14.3. The highest BCUT2D eigenvalue weighted by molar-refractivity contribution is 7.99. The molecule has 1 aromatic rings. The van der Waals surface area contributed by atoms with E-state index < -0.39 is 0 Å². The highest BCUT2D eigenvalue weighted by atomic mass is 32.2. The van der Waals surface area contributed by atoms with Gasteiger partial charge in [-0.25, -0.2) is 0 Å². The molecule has 1 rings (SSSR count). The number of hydrogen-bond acceptors (Lipinski definition) is 4. The average Bonchev–Trinajstić information content (AvgIpc) is 2.38. The third-order valence-corrected chi connectivity index (χ3v) is 3.99. The Hall–Kier alpha value is -1.20. The zero-order valence-electron chi connectivity index (χ0n) is 11.9. The first kappa shape index (κ1) is 15.9. The zero-order valence-corrected chi connectivity index (χ0v) is 12.8. The molecule has 1 amide bonds. The first-order valence-electron chi connectivity index (χ1n) is 6.16. The number of amides is 1. The number of carbonyl (C=O) groups is 1. The van der Waals surface area contributed by atoms with Crippen LogP contribution >= 0.6 is 11.8 Å². The third-order valence-electron chi connectivity index (χ3n) is 2.74. The number of hydrogen-bond donors (Lipinski definition) is 2. The van der Waals surface area contributed by atoms with Crippen LogP contribution in [-0.4, -0.2) is 37.1 Å². The lowest BCUT2D eigenvalue weighted by Gasteiger charge is -2.22. The summed E-state index contributed by atoms with van der Waals surface area (Å²) in [7, 11) is 1.60.